The number of halogens is 1. The Balaban J connectivity index is 2.13. The van der Waals surface area contributed by atoms with Crippen LogP contribution in [0.25, 0.3) is 0 Å². The van der Waals surface area contributed by atoms with Crippen molar-refractivity contribution < 1.29 is 13.9 Å². The number of hydrogen-bond donors (Lipinski definition) is 1. The Kier molecular flexibility index (Phi) is 2.60. The van der Waals surface area contributed by atoms with Crippen LogP contribution in [0.4, 0.5) is 4.39 Å². The van der Waals surface area contributed by atoms with E-state index in [1.807, 2.05) is 0 Å². The molecule has 1 aromatic carbocycles. The van der Waals surface area contributed by atoms with Crippen molar-refractivity contribution in [3.05, 3.63) is 48.0 Å². The highest BCUT2D eigenvalue weighted by Gasteiger charge is 2.24. The summed E-state index contributed by atoms with van der Waals surface area (Å²) in [5.74, 6) is 0.955. The zero-order valence-electron chi connectivity index (χ0n) is 9.47. The molecule has 0 bridgehead atoms. The molecule has 1 aromatic heterocycles. The molecule has 5 heteroatoms. The zero-order chi connectivity index (χ0) is 12.5. The van der Waals surface area contributed by atoms with E-state index in [1.165, 1.54) is 18.2 Å². The van der Waals surface area contributed by atoms with Crippen molar-refractivity contribution in [3.63, 3.8) is 0 Å². The molecule has 18 heavy (non-hydrogen) atoms. The lowest BCUT2D eigenvalue weighted by Gasteiger charge is -2.14. The molecule has 0 spiro atoms. The molecule has 1 aliphatic rings. The van der Waals surface area contributed by atoms with Gasteiger partial charge in [-0.2, -0.15) is 0 Å². The van der Waals surface area contributed by atoms with Gasteiger partial charge in [0.2, 0.25) is 0 Å². The maximum Gasteiger partial charge on any atom is 0.172 e. The Morgan fingerprint density at radius 1 is 1.22 bits per heavy atom. The predicted octanol–water partition coefficient (Wildman–Crippen LogP) is 2.41. The van der Waals surface area contributed by atoms with Crippen LogP contribution in [-0.2, 0) is 0 Å². The Morgan fingerprint density at radius 2 is 2.11 bits per heavy atom. The zero-order valence-corrected chi connectivity index (χ0v) is 9.47. The van der Waals surface area contributed by atoms with Gasteiger partial charge in [0.1, 0.15) is 11.5 Å². The SMILES string of the molecule is NCC1Oc2ccc(F)cc2Oc2cccnc21. The molecule has 1 unspecified atom stereocenters. The van der Waals surface area contributed by atoms with Crippen molar-refractivity contribution in [2.24, 2.45) is 5.73 Å². The molecule has 3 rings (SSSR count). The molecule has 92 valence electrons. The minimum atomic E-state index is -0.395. The van der Waals surface area contributed by atoms with Gasteiger partial charge in [0.25, 0.3) is 0 Å². The van der Waals surface area contributed by atoms with E-state index in [2.05, 4.69) is 4.98 Å². The normalized spacial score (nSPS) is 16.9. The molecule has 4 nitrogen and oxygen atoms in total. The quantitative estimate of drug-likeness (QED) is 0.839. The van der Waals surface area contributed by atoms with Crippen molar-refractivity contribution in [3.8, 4) is 17.2 Å². The monoisotopic (exact) mass is 246 g/mol. The molecule has 0 saturated carbocycles. The van der Waals surface area contributed by atoms with Crippen LogP contribution in [0.15, 0.2) is 36.5 Å². The fraction of sp³-hybridized carbons (Fsp3) is 0.154. The van der Waals surface area contributed by atoms with E-state index in [0.29, 0.717) is 22.9 Å². The maximum atomic E-state index is 13.2. The van der Waals surface area contributed by atoms with Gasteiger partial charge in [-0.15, -0.1) is 0 Å². The summed E-state index contributed by atoms with van der Waals surface area (Å²) >= 11 is 0. The van der Waals surface area contributed by atoms with E-state index in [0.717, 1.165) is 0 Å². The lowest BCUT2D eigenvalue weighted by atomic mass is 10.2. The Labute approximate surface area is 103 Å². The summed E-state index contributed by atoms with van der Waals surface area (Å²) in [6.07, 6.45) is 1.25. The average molecular weight is 246 g/mol. The van der Waals surface area contributed by atoms with Gasteiger partial charge >= 0.3 is 0 Å². The molecule has 1 aliphatic heterocycles. The van der Waals surface area contributed by atoms with Crippen molar-refractivity contribution in [2.75, 3.05) is 6.54 Å². The molecule has 2 N–H and O–H groups in total. The predicted molar refractivity (Wildman–Crippen MR) is 63.1 cm³/mol. The number of hydrogen-bond acceptors (Lipinski definition) is 4. The van der Waals surface area contributed by atoms with E-state index in [9.17, 15) is 4.39 Å². The topological polar surface area (TPSA) is 57.4 Å². The average Bonchev–Trinajstić information content (AvgIpc) is 2.54. The van der Waals surface area contributed by atoms with Crippen LogP contribution in [-0.4, -0.2) is 11.5 Å². The number of nitrogens with two attached hydrogens (primary N) is 1. The second kappa shape index (κ2) is 4.27. The summed E-state index contributed by atoms with van der Waals surface area (Å²) in [7, 11) is 0. The van der Waals surface area contributed by atoms with Gasteiger partial charge in [0.15, 0.2) is 23.4 Å². The maximum absolute atomic E-state index is 13.2. The van der Waals surface area contributed by atoms with E-state index in [1.54, 1.807) is 18.3 Å². The second-order valence-corrected chi connectivity index (χ2v) is 3.92. The molecule has 2 heterocycles. The van der Waals surface area contributed by atoms with E-state index < -0.39 is 6.10 Å². The van der Waals surface area contributed by atoms with E-state index in [-0.39, 0.29) is 12.4 Å². The number of ether oxygens (including phenoxy) is 2. The summed E-state index contributed by atoms with van der Waals surface area (Å²) < 4.78 is 24.5. The third kappa shape index (κ3) is 1.78. The third-order valence-electron chi connectivity index (χ3n) is 2.71. The van der Waals surface area contributed by atoms with Crippen molar-refractivity contribution >= 4 is 0 Å². The minimum absolute atomic E-state index is 0.268. The Bertz CT molecular complexity index is 589. The van der Waals surface area contributed by atoms with Gasteiger partial charge in [-0.05, 0) is 24.3 Å². The lowest BCUT2D eigenvalue weighted by molar-refractivity contribution is 0.211. The smallest absolute Gasteiger partial charge is 0.172 e. The first-order valence-corrected chi connectivity index (χ1v) is 5.57. The fourth-order valence-electron chi connectivity index (χ4n) is 1.88. The van der Waals surface area contributed by atoms with Crippen LogP contribution < -0.4 is 15.2 Å². The number of rotatable bonds is 1. The number of aromatic nitrogens is 1. The van der Waals surface area contributed by atoms with Crippen molar-refractivity contribution in [1.82, 2.24) is 4.98 Å². The summed E-state index contributed by atoms with van der Waals surface area (Å²) in [6, 6.07) is 7.63. The molecular formula is C13H11FN2O2. The van der Waals surface area contributed by atoms with E-state index in [4.69, 9.17) is 15.2 Å². The highest BCUT2D eigenvalue weighted by molar-refractivity contribution is 5.47. The number of benzene rings is 1. The highest BCUT2D eigenvalue weighted by atomic mass is 19.1. The molecule has 0 radical (unpaired) electrons. The van der Waals surface area contributed by atoms with Crippen LogP contribution in [0.5, 0.6) is 17.2 Å². The highest BCUT2D eigenvalue weighted by Crippen LogP contribution is 2.40. The second-order valence-electron chi connectivity index (χ2n) is 3.92. The van der Waals surface area contributed by atoms with Crippen LogP contribution in [0, 0.1) is 5.82 Å². The Morgan fingerprint density at radius 3 is 2.94 bits per heavy atom. The summed E-state index contributed by atoms with van der Waals surface area (Å²) in [6.45, 7) is 0.268. The molecule has 0 saturated heterocycles. The molecule has 0 aliphatic carbocycles. The standard InChI is InChI=1S/C13H11FN2O2/c14-8-3-4-9-11(6-8)18-10-2-1-5-16-13(10)12(7-15)17-9/h1-6,12H,7,15H2. The van der Waals surface area contributed by atoms with Gasteiger partial charge in [0.05, 0.1) is 0 Å². The van der Waals surface area contributed by atoms with Gasteiger partial charge in [-0.3, -0.25) is 4.98 Å². The van der Waals surface area contributed by atoms with Gasteiger partial charge in [-0.25, -0.2) is 4.39 Å². The number of nitrogens with zero attached hydrogens (tertiary/aromatic N) is 1. The van der Waals surface area contributed by atoms with Gasteiger partial charge in [-0.1, -0.05) is 0 Å². The summed E-state index contributed by atoms with van der Waals surface area (Å²) in [4.78, 5) is 4.21. The first kappa shape index (κ1) is 11.0. The van der Waals surface area contributed by atoms with E-state index >= 15 is 0 Å². The van der Waals surface area contributed by atoms with Gasteiger partial charge < -0.3 is 15.2 Å². The molecule has 2 aromatic rings. The minimum Gasteiger partial charge on any atom is -0.479 e. The van der Waals surface area contributed by atoms with Gasteiger partial charge in [0, 0.05) is 18.8 Å². The lowest BCUT2D eigenvalue weighted by Crippen LogP contribution is -2.18. The first-order chi connectivity index (χ1) is 8.78. The van der Waals surface area contributed by atoms with Crippen LogP contribution in [0.3, 0.4) is 0 Å². The first-order valence-electron chi connectivity index (χ1n) is 5.57. The Hall–Kier alpha value is -2.14. The largest absolute Gasteiger partial charge is 0.479 e. The van der Waals surface area contributed by atoms with Crippen LogP contribution in [0.1, 0.15) is 11.8 Å². The fourth-order valence-corrected chi connectivity index (χ4v) is 1.88. The molecular weight excluding hydrogens is 235 g/mol. The molecule has 1 atom stereocenters. The number of pyridine rings is 1. The van der Waals surface area contributed by atoms with Crippen molar-refractivity contribution in [1.29, 1.82) is 0 Å². The summed E-state index contributed by atoms with van der Waals surface area (Å²) in [5, 5.41) is 0. The number of fused-ring (bicyclic) bond motifs is 2. The summed E-state index contributed by atoms with van der Waals surface area (Å²) in [5.41, 5.74) is 6.30. The molecule has 0 fully saturated rings. The van der Waals surface area contributed by atoms with Crippen LogP contribution >= 0.6 is 0 Å². The third-order valence-corrected chi connectivity index (χ3v) is 2.71. The molecule has 0 amide bonds. The van der Waals surface area contributed by atoms with Crippen LogP contribution in [0.2, 0.25) is 0 Å². The van der Waals surface area contributed by atoms with Crippen molar-refractivity contribution in [2.45, 2.75) is 6.10 Å².